The van der Waals surface area contributed by atoms with Crippen molar-refractivity contribution >= 4 is 23.4 Å². The van der Waals surface area contributed by atoms with E-state index in [1.807, 2.05) is 0 Å². The van der Waals surface area contributed by atoms with Gasteiger partial charge in [0.2, 0.25) is 0 Å². The molecule has 0 aromatic heterocycles. The monoisotopic (exact) mass is 323 g/mol. The lowest BCUT2D eigenvalue weighted by Crippen LogP contribution is -2.13. The molecule has 6 heteroatoms. The largest absolute Gasteiger partial charge is 0.486 e. The fourth-order valence-corrected chi connectivity index (χ4v) is 2.09. The van der Waals surface area contributed by atoms with Crippen LogP contribution in [0.15, 0.2) is 36.4 Å². The molecule has 0 unspecified atom stereocenters. The van der Waals surface area contributed by atoms with Crippen LogP contribution in [0.3, 0.4) is 0 Å². The van der Waals surface area contributed by atoms with Gasteiger partial charge in [0.15, 0.2) is 11.6 Å². The molecule has 0 radical (unpaired) electrons. The van der Waals surface area contributed by atoms with Crippen LogP contribution < -0.4 is 10.1 Å². The second kappa shape index (κ2) is 7.13. The second-order valence-electron chi connectivity index (χ2n) is 4.61. The number of anilines is 1. The van der Waals surface area contributed by atoms with Gasteiger partial charge in [0.05, 0.1) is 12.8 Å². The van der Waals surface area contributed by atoms with Crippen molar-refractivity contribution in [1.29, 1.82) is 0 Å². The molecule has 1 N–H and O–H groups in total. The fraction of sp³-hybridized carbons (Fsp3) is 0.188. The van der Waals surface area contributed by atoms with E-state index >= 15 is 0 Å². The Hall–Kier alpha value is -2.27. The molecule has 0 aliphatic carbocycles. The molecule has 1 amide bonds. The zero-order valence-electron chi connectivity index (χ0n) is 12.2. The highest BCUT2D eigenvalue weighted by Crippen LogP contribution is 2.27. The molecular formula is C16H15ClFNO3. The van der Waals surface area contributed by atoms with Gasteiger partial charge in [0.1, 0.15) is 6.61 Å². The summed E-state index contributed by atoms with van der Waals surface area (Å²) in [6.07, 6.45) is -0.620. The molecule has 2 rings (SSSR count). The third-order valence-electron chi connectivity index (χ3n) is 3.00. The summed E-state index contributed by atoms with van der Waals surface area (Å²) in [7, 11) is 1.26. The van der Waals surface area contributed by atoms with Gasteiger partial charge in [0.25, 0.3) is 0 Å². The first-order chi connectivity index (χ1) is 10.5. The van der Waals surface area contributed by atoms with Gasteiger partial charge in [-0.25, -0.2) is 9.18 Å². The summed E-state index contributed by atoms with van der Waals surface area (Å²) in [5.41, 5.74) is 1.79. The summed E-state index contributed by atoms with van der Waals surface area (Å²) in [5, 5.41) is 2.95. The Kier molecular flexibility index (Phi) is 5.22. The predicted octanol–water partition coefficient (Wildman–Crippen LogP) is 4.54. The van der Waals surface area contributed by atoms with Crippen molar-refractivity contribution in [2.45, 2.75) is 13.5 Å². The number of carbonyl (C=O) groups excluding carboxylic acids is 1. The topological polar surface area (TPSA) is 47.6 Å². The Morgan fingerprint density at radius 3 is 2.77 bits per heavy atom. The number of aryl methyl sites for hydroxylation is 1. The summed E-state index contributed by atoms with van der Waals surface area (Å²) in [6, 6.07) is 9.69. The first-order valence-electron chi connectivity index (χ1n) is 6.52. The SMILES string of the molecule is COC(=O)Nc1cccc(Cl)c1COc1ccc(C)cc1F. The normalized spacial score (nSPS) is 10.2. The van der Waals surface area contributed by atoms with Gasteiger partial charge < -0.3 is 9.47 Å². The minimum absolute atomic E-state index is 0.0129. The van der Waals surface area contributed by atoms with E-state index in [0.29, 0.717) is 16.3 Å². The predicted molar refractivity (Wildman–Crippen MR) is 82.9 cm³/mol. The van der Waals surface area contributed by atoms with E-state index in [9.17, 15) is 9.18 Å². The summed E-state index contributed by atoms with van der Waals surface area (Å²) in [5.74, 6) is -0.330. The summed E-state index contributed by atoms with van der Waals surface area (Å²) in [4.78, 5) is 11.3. The zero-order valence-corrected chi connectivity index (χ0v) is 12.9. The van der Waals surface area contributed by atoms with Crippen LogP contribution in [-0.2, 0) is 11.3 Å². The lowest BCUT2D eigenvalue weighted by atomic mass is 10.2. The number of nitrogens with one attached hydrogen (secondary N) is 1. The Labute approximate surface area is 132 Å². The minimum Gasteiger partial charge on any atom is -0.486 e. The molecule has 0 aliphatic rings. The smallest absolute Gasteiger partial charge is 0.411 e. The van der Waals surface area contributed by atoms with Crippen molar-refractivity contribution in [1.82, 2.24) is 0 Å². The molecular weight excluding hydrogens is 309 g/mol. The van der Waals surface area contributed by atoms with E-state index in [1.165, 1.54) is 13.2 Å². The maximum Gasteiger partial charge on any atom is 0.411 e. The molecule has 2 aromatic rings. The summed E-state index contributed by atoms with van der Waals surface area (Å²) < 4.78 is 23.8. The van der Waals surface area contributed by atoms with E-state index in [0.717, 1.165) is 5.56 Å². The lowest BCUT2D eigenvalue weighted by Gasteiger charge is -2.13. The average Bonchev–Trinajstić information content (AvgIpc) is 2.48. The molecule has 0 aliphatic heterocycles. The van der Waals surface area contributed by atoms with Crippen LogP contribution in [0, 0.1) is 12.7 Å². The average molecular weight is 324 g/mol. The molecule has 0 heterocycles. The number of methoxy groups -OCH3 is 1. The van der Waals surface area contributed by atoms with Crippen LogP contribution in [0.25, 0.3) is 0 Å². The highest BCUT2D eigenvalue weighted by atomic mass is 35.5. The second-order valence-corrected chi connectivity index (χ2v) is 5.01. The van der Waals surface area contributed by atoms with Crippen molar-refractivity contribution in [2.75, 3.05) is 12.4 Å². The number of ether oxygens (including phenoxy) is 2. The molecule has 4 nitrogen and oxygen atoms in total. The van der Waals surface area contributed by atoms with Crippen LogP contribution in [0.5, 0.6) is 5.75 Å². The third kappa shape index (κ3) is 3.89. The third-order valence-corrected chi connectivity index (χ3v) is 3.35. The molecule has 0 spiro atoms. The van der Waals surface area contributed by atoms with Gasteiger partial charge in [-0.3, -0.25) is 5.32 Å². The fourth-order valence-electron chi connectivity index (χ4n) is 1.86. The van der Waals surface area contributed by atoms with Crippen molar-refractivity contribution in [3.05, 3.63) is 58.4 Å². The Bertz CT molecular complexity index is 691. The van der Waals surface area contributed by atoms with Crippen molar-refractivity contribution in [3.8, 4) is 5.75 Å². The molecule has 0 fully saturated rings. The number of amides is 1. The van der Waals surface area contributed by atoms with Gasteiger partial charge in [-0.15, -0.1) is 0 Å². The Morgan fingerprint density at radius 2 is 2.09 bits per heavy atom. The van der Waals surface area contributed by atoms with Gasteiger partial charge >= 0.3 is 6.09 Å². The van der Waals surface area contributed by atoms with Crippen molar-refractivity contribution in [3.63, 3.8) is 0 Å². The van der Waals surface area contributed by atoms with E-state index in [-0.39, 0.29) is 12.4 Å². The molecule has 116 valence electrons. The molecule has 0 bridgehead atoms. The van der Waals surface area contributed by atoms with E-state index in [2.05, 4.69) is 10.1 Å². The molecule has 22 heavy (non-hydrogen) atoms. The number of benzene rings is 2. The van der Waals surface area contributed by atoms with Crippen LogP contribution in [0.4, 0.5) is 14.9 Å². The highest BCUT2D eigenvalue weighted by Gasteiger charge is 2.12. The minimum atomic E-state index is -0.620. The van der Waals surface area contributed by atoms with Crippen molar-refractivity contribution < 1.29 is 18.7 Å². The van der Waals surface area contributed by atoms with Crippen LogP contribution in [-0.4, -0.2) is 13.2 Å². The quantitative estimate of drug-likeness (QED) is 0.898. The maximum absolute atomic E-state index is 13.8. The van der Waals surface area contributed by atoms with Gasteiger partial charge in [-0.2, -0.15) is 0 Å². The Morgan fingerprint density at radius 1 is 1.32 bits per heavy atom. The first-order valence-corrected chi connectivity index (χ1v) is 6.90. The number of carbonyl (C=O) groups is 1. The zero-order chi connectivity index (χ0) is 16.1. The van der Waals surface area contributed by atoms with Crippen LogP contribution >= 0.6 is 11.6 Å². The molecule has 0 atom stereocenters. The summed E-state index contributed by atoms with van der Waals surface area (Å²) in [6.45, 7) is 1.80. The standard InChI is InChI=1S/C16H15ClFNO3/c1-10-6-7-15(13(18)8-10)22-9-11-12(17)4-3-5-14(11)19-16(20)21-2/h3-8H,9H2,1-2H3,(H,19,20). The number of halogens is 2. The van der Waals surface area contributed by atoms with Gasteiger partial charge in [-0.05, 0) is 36.8 Å². The van der Waals surface area contributed by atoms with E-state index in [1.54, 1.807) is 37.3 Å². The van der Waals surface area contributed by atoms with E-state index in [4.69, 9.17) is 16.3 Å². The first kappa shape index (κ1) is 16.1. The van der Waals surface area contributed by atoms with E-state index < -0.39 is 11.9 Å². The number of hydrogen-bond donors (Lipinski definition) is 1. The van der Waals surface area contributed by atoms with Gasteiger partial charge in [0, 0.05) is 10.6 Å². The molecule has 0 saturated heterocycles. The highest BCUT2D eigenvalue weighted by molar-refractivity contribution is 6.31. The molecule has 2 aromatic carbocycles. The maximum atomic E-state index is 13.8. The van der Waals surface area contributed by atoms with Crippen LogP contribution in [0.2, 0.25) is 5.02 Å². The molecule has 0 saturated carbocycles. The Balaban J connectivity index is 2.19. The van der Waals surface area contributed by atoms with Crippen molar-refractivity contribution in [2.24, 2.45) is 0 Å². The number of rotatable bonds is 4. The summed E-state index contributed by atoms with van der Waals surface area (Å²) >= 11 is 6.12. The number of hydrogen-bond acceptors (Lipinski definition) is 3. The van der Waals surface area contributed by atoms with Crippen LogP contribution in [0.1, 0.15) is 11.1 Å². The lowest BCUT2D eigenvalue weighted by molar-refractivity contribution is 0.187. The van der Waals surface area contributed by atoms with Gasteiger partial charge in [-0.1, -0.05) is 23.7 Å².